The molecule has 0 aliphatic heterocycles. The van der Waals surface area contributed by atoms with Gasteiger partial charge in [-0.05, 0) is 33.1 Å². The van der Waals surface area contributed by atoms with Crippen LogP contribution in [-0.4, -0.2) is 27.6 Å². The van der Waals surface area contributed by atoms with Gasteiger partial charge in [0.1, 0.15) is 5.00 Å². The fourth-order valence-corrected chi connectivity index (χ4v) is 2.68. The minimum atomic E-state index is -0.862. The van der Waals surface area contributed by atoms with E-state index in [0.29, 0.717) is 12.3 Å². The molecule has 0 atom stereocenters. The molecule has 2 rings (SSSR count). The van der Waals surface area contributed by atoms with Crippen LogP contribution < -0.4 is 10.6 Å². The molecule has 0 unspecified atom stereocenters. The molecule has 0 bridgehead atoms. The zero-order valence-electron chi connectivity index (χ0n) is 11.6. The monoisotopic (exact) mass is 297 g/mol. The molecule has 1 aliphatic carbocycles. The molecule has 1 saturated carbocycles. The van der Waals surface area contributed by atoms with Crippen LogP contribution in [0.15, 0.2) is 5.51 Å². The topological polar surface area (TPSA) is 91.3 Å². The first-order valence-corrected chi connectivity index (χ1v) is 7.50. The number of thiazole rings is 1. The molecule has 2 amide bonds. The van der Waals surface area contributed by atoms with Gasteiger partial charge in [-0.1, -0.05) is 0 Å². The molecule has 0 aromatic carbocycles. The molecule has 3 N–H and O–H groups in total. The van der Waals surface area contributed by atoms with Gasteiger partial charge in [0.15, 0.2) is 0 Å². The van der Waals surface area contributed by atoms with Gasteiger partial charge in [0, 0.05) is 17.9 Å². The van der Waals surface area contributed by atoms with Crippen molar-refractivity contribution in [2.75, 3.05) is 5.32 Å². The van der Waals surface area contributed by atoms with Crippen molar-refractivity contribution in [3.8, 4) is 0 Å². The molecule has 1 fully saturated rings. The summed E-state index contributed by atoms with van der Waals surface area (Å²) in [6, 6.07) is -0.313. The summed E-state index contributed by atoms with van der Waals surface area (Å²) in [4.78, 5) is 26.8. The number of nitrogens with one attached hydrogen (secondary N) is 2. The van der Waals surface area contributed by atoms with Gasteiger partial charge < -0.3 is 10.4 Å². The molecule has 1 aromatic rings. The molecule has 1 aliphatic rings. The third kappa shape index (κ3) is 4.19. The number of hydrogen-bond donors (Lipinski definition) is 3. The van der Waals surface area contributed by atoms with Gasteiger partial charge in [0.05, 0.1) is 11.2 Å². The average molecular weight is 297 g/mol. The third-order valence-electron chi connectivity index (χ3n) is 3.20. The van der Waals surface area contributed by atoms with E-state index >= 15 is 0 Å². The van der Waals surface area contributed by atoms with E-state index in [9.17, 15) is 9.59 Å². The lowest BCUT2D eigenvalue weighted by atomic mass is 9.99. The number of urea groups is 1. The highest BCUT2D eigenvalue weighted by Crippen LogP contribution is 2.43. The van der Waals surface area contributed by atoms with E-state index in [1.165, 1.54) is 11.3 Å². The lowest BCUT2D eigenvalue weighted by Crippen LogP contribution is -2.45. The standard InChI is InChI=1S/C13H19N3O3S/c1-13(2,6-5-9(17)18)16-12(19)15-11-10(8-3-4-8)14-7-20-11/h7-8H,3-6H2,1-2H3,(H,17,18)(H2,15,16,19). The summed E-state index contributed by atoms with van der Waals surface area (Å²) in [7, 11) is 0. The van der Waals surface area contributed by atoms with Crippen molar-refractivity contribution in [2.24, 2.45) is 0 Å². The minimum Gasteiger partial charge on any atom is -0.481 e. The average Bonchev–Trinajstić information content (AvgIpc) is 3.08. The van der Waals surface area contributed by atoms with Crippen LogP contribution in [0.4, 0.5) is 9.80 Å². The summed E-state index contributed by atoms with van der Waals surface area (Å²) in [5.41, 5.74) is 2.14. The Balaban J connectivity index is 1.88. The number of aliphatic carboxylic acids is 1. The Morgan fingerprint density at radius 3 is 2.80 bits per heavy atom. The zero-order chi connectivity index (χ0) is 14.8. The number of carbonyl (C=O) groups excluding carboxylic acids is 1. The molecule has 20 heavy (non-hydrogen) atoms. The van der Waals surface area contributed by atoms with Crippen LogP contribution in [0.3, 0.4) is 0 Å². The van der Waals surface area contributed by atoms with E-state index in [-0.39, 0.29) is 12.5 Å². The SMILES string of the molecule is CC(C)(CCC(=O)O)NC(=O)Nc1scnc1C1CC1. The van der Waals surface area contributed by atoms with Crippen LogP contribution in [-0.2, 0) is 4.79 Å². The van der Waals surface area contributed by atoms with Gasteiger partial charge in [-0.15, -0.1) is 11.3 Å². The van der Waals surface area contributed by atoms with E-state index in [2.05, 4.69) is 15.6 Å². The van der Waals surface area contributed by atoms with Gasteiger partial charge in [-0.2, -0.15) is 0 Å². The normalized spacial score (nSPS) is 14.9. The lowest BCUT2D eigenvalue weighted by molar-refractivity contribution is -0.137. The second-order valence-corrected chi connectivity index (χ2v) is 6.55. The van der Waals surface area contributed by atoms with Crippen molar-refractivity contribution in [3.63, 3.8) is 0 Å². The van der Waals surface area contributed by atoms with Crippen LogP contribution in [0, 0.1) is 0 Å². The predicted molar refractivity (Wildman–Crippen MR) is 77.2 cm³/mol. The minimum absolute atomic E-state index is 0.0289. The molecule has 1 heterocycles. The van der Waals surface area contributed by atoms with Gasteiger partial charge in [-0.3, -0.25) is 10.1 Å². The first-order valence-electron chi connectivity index (χ1n) is 6.62. The van der Waals surface area contributed by atoms with Gasteiger partial charge >= 0.3 is 12.0 Å². The van der Waals surface area contributed by atoms with E-state index < -0.39 is 11.5 Å². The van der Waals surface area contributed by atoms with Gasteiger partial charge in [-0.25, -0.2) is 9.78 Å². The van der Waals surface area contributed by atoms with Crippen molar-refractivity contribution in [2.45, 2.75) is 51.0 Å². The number of carboxylic acid groups (broad SMARTS) is 1. The highest BCUT2D eigenvalue weighted by molar-refractivity contribution is 7.14. The van der Waals surface area contributed by atoms with Crippen molar-refractivity contribution in [1.82, 2.24) is 10.3 Å². The number of anilines is 1. The van der Waals surface area contributed by atoms with Gasteiger partial charge in [0.2, 0.25) is 0 Å². The fraction of sp³-hybridized carbons (Fsp3) is 0.615. The van der Waals surface area contributed by atoms with Crippen molar-refractivity contribution >= 4 is 28.3 Å². The Labute approximate surface area is 121 Å². The van der Waals surface area contributed by atoms with Crippen LogP contribution in [0.2, 0.25) is 0 Å². The summed E-state index contributed by atoms with van der Waals surface area (Å²) in [6.07, 6.45) is 2.67. The summed E-state index contributed by atoms with van der Waals surface area (Å²) >= 11 is 1.41. The number of amides is 2. The van der Waals surface area contributed by atoms with Crippen LogP contribution in [0.25, 0.3) is 0 Å². The maximum atomic E-state index is 12.0. The Hall–Kier alpha value is -1.63. The predicted octanol–water partition coefficient (Wildman–Crippen LogP) is 2.79. The highest BCUT2D eigenvalue weighted by atomic mass is 32.1. The van der Waals surface area contributed by atoms with Crippen LogP contribution in [0.5, 0.6) is 0 Å². The second kappa shape index (κ2) is 5.78. The maximum absolute atomic E-state index is 12.0. The zero-order valence-corrected chi connectivity index (χ0v) is 12.4. The fourth-order valence-electron chi connectivity index (χ4n) is 1.92. The van der Waals surface area contributed by atoms with E-state index in [0.717, 1.165) is 23.5 Å². The molecule has 7 heteroatoms. The van der Waals surface area contributed by atoms with Crippen LogP contribution >= 0.6 is 11.3 Å². The van der Waals surface area contributed by atoms with E-state index in [1.807, 2.05) is 13.8 Å². The lowest BCUT2D eigenvalue weighted by Gasteiger charge is -2.25. The molecule has 0 radical (unpaired) electrons. The van der Waals surface area contributed by atoms with Crippen molar-refractivity contribution in [1.29, 1.82) is 0 Å². The largest absolute Gasteiger partial charge is 0.481 e. The highest BCUT2D eigenvalue weighted by Gasteiger charge is 2.29. The number of rotatable bonds is 6. The molecule has 1 aromatic heterocycles. The number of aromatic nitrogens is 1. The van der Waals surface area contributed by atoms with E-state index in [4.69, 9.17) is 5.11 Å². The second-order valence-electron chi connectivity index (χ2n) is 5.70. The summed E-state index contributed by atoms with van der Waals surface area (Å²) in [6.45, 7) is 3.62. The molecule has 110 valence electrons. The quantitative estimate of drug-likeness (QED) is 0.753. The Morgan fingerprint density at radius 1 is 1.50 bits per heavy atom. The first kappa shape index (κ1) is 14.8. The molecule has 0 saturated heterocycles. The summed E-state index contributed by atoms with van der Waals surface area (Å²) < 4.78 is 0. The molecule has 0 spiro atoms. The molecule has 6 nitrogen and oxygen atoms in total. The third-order valence-corrected chi connectivity index (χ3v) is 3.96. The number of carbonyl (C=O) groups is 2. The Bertz CT molecular complexity index is 509. The number of carboxylic acids is 1. The van der Waals surface area contributed by atoms with Crippen molar-refractivity contribution < 1.29 is 14.7 Å². The molecular formula is C13H19N3O3S. The van der Waals surface area contributed by atoms with Crippen LogP contribution in [0.1, 0.15) is 51.1 Å². The Morgan fingerprint density at radius 2 is 2.20 bits per heavy atom. The summed E-state index contributed by atoms with van der Waals surface area (Å²) in [5.74, 6) is -0.379. The Kier molecular flexibility index (Phi) is 4.27. The summed E-state index contributed by atoms with van der Waals surface area (Å²) in [5, 5.41) is 15.1. The van der Waals surface area contributed by atoms with Gasteiger partial charge in [0.25, 0.3) is 0 Å². The number of hydrogen-bond acceptors (Lipinski definition) is 4. The van der Waals surface area contributed by atoms with Crippen molar-refractivity contribution in [3.05, 3.63) is 11.2 Å². The maximum Gasteiger partial charge on any atom is 0.320 e. The van der Waals surface area contributed by atoms with E-state index in [1.54, 1.807) is 5.51 Å². The number of nitrogens with zero attached hydrogens (tertiary/aromatic N) is 1. The smallest absolute Gasteiger partial charge is 0.320 e. The molecular weight excluding hydrogens is 278 g/mol. The first-order chi connectivity index (χ1) is 9.37.